The van der Waals surface area contributed by atoms with Gasteiger partial charge in [-0.1, -0.05) is 36.2 Å². The van der Waals surface area contributed by atoms with E-state index in [9.17, 15) is 0 Å². The fourth-order valence-corrected chi connectivity index (χ4v) is 1.49. The smallest absolute Gasteiger partial charge is 0.0986 e. The lowest BCUT2D eigenvalue weighted by Crippen LogP contribution is -2.08. The molecular weight excluding hydrogens is 266 g/mol. The van der Waals surface area contributed by atoms with Crippen LogP contribution in [0.2, 0.25) is 10.0 Å². The molecule has 0 saturated carbocycles. The third-order valence-corrected chi connectivity index (χ3v) is 2.50. The first-order chi connectivity index (χ1) is 7.15. The molecule has 0 amide bonds. The second-order valence-electron chi connectivity index (χ2n) is 2.93. The number of benzene rings is 1. The highest BCUT2D eigenvalue weighted by atomic mass is 35.5. The molecule has 0 aliphatic carbocycles. The Hall–Kier alpha value is -0.700. The van der Waals surface area contributed by atoms with Gasteiger partial charge in [0.05, 0.1) is 5.84 Å². The summed E-state index contributed by atoms with van der Waals surface area (Å²) in [5, 5.41) is 1.20. The van der Waals surface area contributed by atoms with Gasteiger partial charge in [-0.2, -0.15) is 0 Å². The molecule has 0 unspecified atom stereocenters. The molecule has 0 atom stereocenters. The fourth-order valence-electron chi connectivity index (χ4n) is 0.969. The number of rotatable bonds is 3. The minimum atomic E-state index is 0. The van der Waals surface area contributed by atoms with E-state index in [1.54, 1.807) is 30.5 Å². The highest BCUT2D eigenvalue weighted by molar-refractivity contribution is 6.37. The Kier molecular flexibility index (Phi) is 7.22. The lowest BCUT2D eigenvalue weighted by atomic mass is 10.2. The maximum Gasteiger partial charge on any atom is 0.0986 e. The summed E-state index contributed by atoms with van der Waals surface area (Å²) in [5.41, 5.74) is 6.30. The molecule has 0 heterocycles. The second kappa shape index (κ2) is 7.55. The molecule has 2 N–H and O–H groups in total. The van der Waals surface area contributed by atoms with Gasteiger partial charge in [0.2, 0.25) is 0 Å². The van der Waals surface area contributed by atoms with Gasteiger partial charge in [0.25, 0.3) is 0 Å². The summed E-state index contributed by atoms with van der Waals surface area (Å²) in [6.07, 6.45) is 4.07. The SMILES string of the molecule is CCC(N)=NC=Cc1c(Cl)cccc1Cl.Cl. The highest BCUT2D eigenvalue weighted by Gasteiger charge is 2.00. The largest absolute Gasteiger partial charge is 0.387 e. The van der Waals surface area contributed by atoms with Gasteiger partial charge in [-0.25, -0.2) is 4.99 Å². The topological polar surface area (TPSA) is 38.4 Å². The molecule has 1 rings (SSSR count). The lowest BCUT2D eigenvalue weighted by molar-refractivity contribution is 1.24. The number of hydrogen-bond donors (Lipinski definition) is 1. The summed E-state index contributed by atoms with van der Waals surface area (Å²) >= 11 is 11.9. The van der Waals surface area contributed by atoms with Crippen molar-refractivity contribution in [2.75, 3.05) is 0 Å². The van der Waals surface area contributed by atoms with Crippen LogP contribution in [-0.2, 0) is 0 Å². The van der Waals surface area contributed by atoms with Gasteiger partial charge >= 0.3 is 0 Å². The van der Waals surface area contributed by atoms with Crippen molar-refractivity contribution in [3.05, 3.63) is 40.0 Å². The molecule has 0 aliphatic heterocycles. The zero-order chi connectivity index (χ0) is 11.3. The van der Waals surface area contributed by atoms with E-state index in [4.69, 9.17) is 28.9 Å². The monoisotopic (exact) mass is 278 g/mol. The number of nitrogens with zero attached hydrogens (tertiary/aromatic N) is 1. The van der Waals surface area contributed by atoms with Crippen molar-refractivity contribution < 1.29 is 0 Å². The molecule has 0 spiro atoms. The molecule has 0 aromatic heterocycles. The number of nitrogens with two attached hydrogens (primary N) is 1. The average Bonchev–Trinajstić information content (AvgIpc) is 2.22. The van der Waals surface area contributed by atoms with Gasteiger partial charge in [0, 0.05) is 28.2 Å². The van der Waals surface area contributed by atoms with Crippen LogP contribution in [0.25, 0.3) is 6.08 Å². The zero-order valence-electron chi connectivity index (χ0n) is 8.78. The van der Waals surface area contributed by atoms with Crippen LogP contribution < -0.4 is 5.73 Å². The first-order valence-corrected chi connectivity index (χ1v) is 5.33. The standard InChI is InChI=1S/C11H12Cl2N2.ClH/c1-2-11(14)15-7-6-8-9(12)4-3-5-10(8)13;/h3-7H,2H2,1H3,(H2,14,15);1H. The van der Waals surface area contributed by atoms with Crippen molar-refractivity contribution in [1.29, 1.82) is 0 Å². The Labute approximate surface area is 112 Å². The zero-order valence-corrected chi connectivity index (χ0v) is 11.1. The normalized spacial score (nSPS) is 11.6. The fraction of sp³-hybridized carbons (Fsp3) is 0.182. The first-order valence-electron chi connectivity index (χ1n) is 4.58. The number of hydrogen-bond acceptors (Lipinski definition) is 1. The third-order valence-electron chi connectivity index (χ3n) is 1.84. The molecular formula is C11H13Cl3N2. The maximum atomic E-state index is 5.96. The Bertz CT molecular complexity index is 380. The van der Waals surface area contributed by atoms with Crippen LogP contribution in [0, 0.1) is 0 Å². The lowest BCUT2D eigenvalue weighted by Gasteiger charge is -1.99. The highest BCUT2D eigenvalue weighted by Crippen LogP contribution is 2.25. The molecule has 0 aliphatic rings. The summed E-state index contributed by atoms with van der Waals surface area (Å²) in [6, 6.07) is 5.35. The Morgan fingerprint density at radius 2 is 1.94 bits per heavy atom. The summed E-state index contributed by atoms with van der Waals surface area (Å²) < 4.78 is 0. The molecule has 16 heavy (non-hydrogen) atoms. The summed E-state index contributed by atoms with van der Waals surface area (Å²) in [4.78, 5) is 4.02. The quantitative estimate of drug-likeness (QED) is 0.655. The van der Waals surface area contributed by atoms with E-state index in [2.05, 4.69) is 4.99 Å². The predicted molar refractivity (Wildman–Crippen MR) is 74.7 cm³/mol. The van der Waals surface area contributed by atoms with E-state index in [1.807, 2.05) is 6.92 Å². The van der Waals surface area contributed by atoms with Crippen LogP contribution in [0.15, 0.2) is 29.4 Å². The van der Waals surface area contributed by atoms with Crippen LogP contribution in [0.4, 0.5) is 0 Å². The van der Waals surface area contributed by atoms with Crippen LogP contribution >= 0.6 is 35.6 Å². The molecule has 2 nitrogen and oxygen atoms in total. The van der Waals surface area contributed by atoms with E-state index >= 15 is 0 Å². The van der Waals surface area contributed by atoms with Crippen molar-refractivity contribution in [3.8, 4) is 0 Å². The van der Waals surface area contributed by atoms with Gasteiger partial charge < -0.3 is 5.73 Å². The molecule has 0 fully saturated rings. The van der Waals surface area contributed by atoms with Gasteiger partial charge in [-0.05, 0) is 18.2 Å². The Morgan fingerprint density at radius 1 is 1.38 bits per heavy atom. The molecule has 0 radical (unpaired) electrons. The van der Waals surface area contributed by atoms with Gasteiger partial charge in [-0.15, -0.1) is 12.4 Å². The minimum absolute atomic E-state index is 0. The Morgan fingerprint density at radius 3 is 2.44 bits per heavy atom. The summed E-state index contributed by atoms with van der Waals surface area (Å²) in [7, 11) is 0. The molecule has 1 aromatic rings. The van der Waals surface area contributed by atoms with Gasteiger partial charge in [-0.3, -0.25) is 0 Å². The Balaban J connectivity index is 0.00000225. The third kappa shape index (κ3) is 4.44. The molecule has 0 bridgehead atoms. The van der Waals surface area contributed by atoms with Crippen molar-refractivity contribution in [1.82, 2.24) is 0 Å². The number of aliphatic imine (C=N–C) groups is 1. The van der Waals surface area contributed by atoms with E-state index in [1.165, 1.54) is 0 Å². The van der Waals surface area contributed by atoms with Crippen LogP contribution in [0.5, 0.6) is 0 Å². The maximum absolute atomic E-state index is 5.96. The molecule has 88 valence electrons. The van der Waals surface area contributed by atoms with Crippen molar-refractivity contribution in [3.63, 3.8) is 0 Å². The van der Waals surface area contributed by atoms with Gasteiger partial charge in [0.1, 0.15) is 0 Å². The van der Waals surface area contributed by atoms with Crippen molar-refractivity contribution >= 4 is 47.5 Å². The molecule has 0 saturated heterocycles. The molecule has 5 heteroatoms. The average molecular weight is 280 g/mol. The predicted octanol–water partition coefficient (Wildman–Crippen LogP) is 4.15. The number of halogens is 3. The van der Waals surface area contributed by atoms with Crippen LogP contribution in [-0.4, -0.2) is 5.84 Å². The van der Waals surface area contributed by atoms with E-state index in [-0.39, 0.29) is 12.4 Å². The van der Waals surface area contributed by atoms with Gasteiger partial charge in [0.15, 0.2) is 0 Å². The summed E-state index contributed by atoms with van der Waals surface area (Å²) in [6.45, 7) is 1.94. The van der Waals surface area contributed by atoms with Crippen LogP contribution in [0.3, 0.4) is 0 Å². The second-order valence-corrected chi connectivity index (χ2v) is 3.74. The van der Waals surface area contributed by atoms with E-state index in [0.717, 1.165) is 12.0 Å². The first kappa shape index (κ1) is 15.3. The van der Waals surface area contributed by atoms with E-state index < -0.39 is 0 Å². The van der Waals surface area contributed by atoms with Crippen molar-refractivity contribution in [2.45, 2.75) is 13.3 Å². The van der Waals surface area contributed by atoms with E-state index in [0.29, 0.717) is 15.9 Å². The van der Waals surface area contributed by atoms with Crippen molar-refractivity contribution in [2.24, 2.45) is 10.7 Å². The minimum Gasteiger partial charge on any atom is -0.387 e. The number of amidine groups is 1. The summed E-state index contributed by atoms with van der Waals surface area (Å²) in [5.74, 6) is 0.578. The molecule has 1 aromatic carbocycles. The van der Waals surface area contributed by atoms with Crippen LogP contribution in [0.1, 0.15) is 18.9 Å².